The predicted octanol–water partition coefficient (Wildman–Crippen LogP) is 7.31. The zero-order chi connectivity index (χ0) is 15.8. The second-order valence-electron chi connectivity index (χ2n) is 5.30. The molecule has 23 heavy (non-hydrogen) atoms. The summed E-state index contributed by atoms with van der Waals surface area (Å²) in [5.74, 6) is 1.67. The van der Waals surface area contributed by atoms with Crippen molar-refractivity contribution in [3.8, 4) is 11.5 Å². The Hall–Kier alpha value is -1.84. The quantitative estimate of drug-likeness (QED) is 0.325. The highest BCUT2D eigenvalue weighted by molar-refractivity contribution is 9.11. The van der Waals surface area contributed by atoms with Gasteiger partial charge in [-0.25, -0.2) is 0 Å². The normalized spacial score (nSPS) is 11.0. The Morgan fingerprint density at radius 3 is 1.43 bits per heavy atom. The summed E-state index contributed by atoms with van der Waals surface area (Å²) < 4.78 is 8.25. The zero-order valence-electron chi connectivity index (χ0n) is 12.1. The number of rotatable bonds is 2. The minimum atomic E-state index is 0.833. The highest BCUT2D eigenvalue weighted by Crippen LogP contribution is 2.42. The molecule has 0 heterocycles. The minimum Gasteiger partial charge on any atom is -0.454 e. The summed E-state index contributed by atoms with van der Waals surface area (Å²) in [7, 11) is 0. The van der Waals surface area contributed by atoms with E-state index in [9.17, 15) is 0 Å². The first-order valence-electron chi connectivity index (χ1n) is 7.26. The van der Waals surface area contributed by atoms with Gasteiger partial charge in [0.2, 0.25) is 0 Å². The van der Waals surface area contributed by atoms with Crippen molar-refractivity contribution in [3.05, 3.63) is 81.7 Å². The third-order valence-electron chi connectivity index (χ3n) is 3.87. The Kier molecular flexibility index (Phi) is 3.83. The lowest BCUT2D eigenvalue weighted by Crippen LogP contribution is -1.90. The second kappa shape index (κ2) is 5.99. The summed E-state index contributed by atoms with van der Waals surface area (Å²) in [4.78, 5) is 0. The first kappa shape index (κ1) is 14.7. The van der Waals surface area contributed by atoms with Gasteiger partial charge in [0.05, 0.1) is 8.95 Å². The summed E-state index contributed by atoms with van der Waals surface area (Å²) in [5, 5.41) is 4.48. The first-order chi connectivity index (χ1) is 11.2. The van der Waals surface area contributed by atoms with Crippen molar-refractivity contribution in [1.29, 1.82) is 0 Å². The number of benzene rings is 4. The molecule has 112 valence electrons. The first-order valence-corrected chi connectivity index (χ1v) is 8.85. The lowest BCUT2D eigenvalue weighted by molar-refractivity contribution is 0.488. The van der Waals surface area contributed by atoms with Gasteiger partial charge in [0, 0.05) is 10.8 Å². The summed E-state index contributed by atoms with van der Waals surface area (Å²) in [5.41, 5.74) is 0. The average molecular weight is 428 g/mol. The number of halogens is 2. The molecule has 0 aliphatic heterocycles. The molecule has 0 radical (unpaired) electrons. The molecular formula is C20H12Br2O. The van der Waals surface area contributed by atoms with Crippen LogP contribution in [0.3, 0.4) is 0 Å². The zero-order valence-corrected chi connectivity index (χ0v) is 15.3. The maximum Gasteiger partial charge on any atom is 0.149 e. The van der Waals surface area contributed by atoms with Crippen molar-refractivity contribution in [2.75, 3.05) is 0 Å². The molecule has 0 spiro atoms. The van der Waals surface area contributed by atoms with Crippen LogP contribution >= 0.6 is 31.9 Å². The van der Waals surface area contributed by atoms with E-state index in [1.54, 1.807) is 0 Å². The van der Waals surface area contributed by atoms with Crippen LogP contribution in [0.5, 0.6) is 11.5 Å². The SMILES string of the molecule is Brc1ccc2ccccc2c1Oc1c(Br)ccc2ccccc12. The Labute approximate surface area is 151 Å². The molecule has 0 saturated heterocycles. The second-order valence-corrected chi connectivity index (χ2v) is 7.01. The van der Waals surface area contributed by atoms with E-state index in [1.807, 2.05) is 36.4 Å². The molecule has 4 aromatic carbocycles. The maximum absolute atomic E-state index is 6.37. The van der Waals surface area contributed by atoms with Crippen LogP contribution in [0, 0.1) is 0 Å². The van der Waals surface area contributed by atoms with Crippen molar-refractivity contribution >= 4 is 53.4 Å². The average Bonchev–Trinajstić information content (AvgIpc) is 2.59. The number of ether oxygens (including phenoxy) is 1. The van der Waals surface area contributed by atoms with Crippen molar-refractivity contribution in [2.45, 2.75) is 0 Å². The fourth-order valence-electron chi connectivity index (χ4n) is 2.74. The maximum atomic E-state index is 6.37. The monoisotopic (exact) mass is 426 g/mol. The van der Waals surface area contributed by atoms with E-state index >= 15 is 0 Å². The van der Waals surface area contributed by atoms with Crippen LogP contribution in [0.2, 0.25) is 0 Å². The smallest absolute Gasteiger partial charge is 0.149 e. The van der Waals surface area contributed by atoms with Gasteiger partial charge in [-0.05, 0) is 54.8 Å². The van der Waals surface area contributed by atoms with E-state index in [0.29, 0.717) is 0 Å². The van der Waals surface area contributed by atoms with Crippen LogP contribution in [0.15, 0.2) is 81.7 Å². The largest absolute Gasteiger partial charge is 0.454 e. The Balaban J connectivity index is 1.95. The van der Waals surface area contributed by atoms with E-state index in [-0.39, 0.29) is 0 Å². The van der Waals surface area contributed by atoms with Gasteiger partial charge in [-0.3, -0.25) is 0 Å². The lowest BCUT2D eigenvalue weighted by atomic mass is 10.1. The molecule has 0 aromatic heterocycles. The van der Waals surface area contributed by atoms with Crippen molar-refractivity contribution < 1.29 is 4.74 Å². The van der Waals surface area contributed by atoms with Gasteiger partial charge >= 0.3 is 0 Å². The summed E-state index contributed by atoms with van der Waals surface area (Å²) in [6, 6.07) is 24.7. The minimum absolute atomic E-state index is 0.833. The molecule has 1 nitrogen and oxygen atoms in total. The van der Waals surface area contributed by atoms with Gasteiger partial charge in [0.25, 0.3) is 0 Å². The van der Waals surface area contributed by atoms with E-state index in [4.69, 9.17) is 4.74 Å². The molecule has 0 aliphatic rings. The van der Waals surface area contributed by atoms with Gasteiger partial charge in [-0.1, -0.05) is 60.7 Å². The number of hydrogen-bond donors (Lipinski definition) is 0. The van der Waals surface area contributed by atoms with Gasteiger partial charge < -0.3 is 4.74 Å². The Morgan fingerprint density at radius 1 is 0.522 bits per heavy atom. The molecular weight excluding hydrogens is 416 g/mol. The van der Waals surface area contributed by atoms with E-state index in [2.05, 4.69) is 68.3 Å². The Morgan fingerprint density at radius 2 is 0.957 bits per heavy atom. The molecule has 0 aliphatic carbocycles. The third kappa shape index (κ3) is 2.64. The van der Waals surface area contributed by atoms with Crippen LogP contribution in [0.4, 0.5) is 0 Å². The predicted molar refractivity (Wildman–Crippen MR) is 103 cm³/mol. The molecule has 0 amide bonds. The third-order valence-corrected chi connectivity index (χ3v) is 5.12. The number of fused-ring (bicyclic) bond motifs is 2. The topological polar surface area (TPSA) is 9.23 Å². The van der Waals surface area contributed by atoms with Crippen LogP contribution < -0.4 is 4.74 Å². The van der Waals surface area contributed by atoms with Gasteiger partial charge in [0.15, 0.2) is 0 Å². The fourth-order valence-corrected chi connectivity index (χ4v) is 3.60. The summed E-state index contributed by atoms with van der Waals surface area (Å²) >= 11 is 7.25. The van der Waals surface area contributed by atoms with Crippen LogP contribution in [0.25, 0.3) is 21.5 Å². The van der Waals surface area contributed by atoms with Gasteiger partial charge in [0.1, 0.15) is 11.5 Å². The molecule has 0 unspecified atom stereocenters. The van der Waals surface area contributed by atoms with E-state index < -0.39 is 0 Å². The van der Waals surface area contributed by atoms with Gasteiger partial charge in [-0.15, -0.1) is 0 Å². The van der Waals surface area contributed by atoms with Gasteiger partial charge in [-0.2, -0.15) is 0 Å². The molecule has 0 fully saturated rings. The van der Waals surface area contributed by atoms with Crippen molar-refractivity contribution in [2.24, 2.45) is 0 Å². The van der Waals surface area contributed by atoms with Crippen molar-refractivity contribution in [1.82, 2.24) is 0 Å². The molecule has 0 bridgehead atoms. The lowest BCUT2D eigenvalue weighted by Gasteiger charge is -2.14. The molecule has 4 aromatic rings. The van der Waals surface area contributed by atoms with Crippen LogP contribution in [-0.4, -0.2) is 0 Å². The molecule has 0 N–H and O–H groups in total. The summed E-state index contributed by atoms with van der Waals surface area (Å²) in [6.45, 7) is 0. The van der Waals surface area contributed by atoms with Crippen molar-refractivity contribution in [3.63, 3.8) is 0 Å². The molecule has 4 rings (SSSR count). The highest BCUT2D eigenvalue weighted by atomic mass is 79.9. The van der Waals surface area contributed by atoms with E-state index in [0.717, 1.165) is 42.0 Å². The van der Waals surface area contributed by atoms with Crippen LogP contribution in [-0.2, 0) is 0 Å². The standard InChI is InChI=1S/C20H12Br2O/c21-17-11-9-13-5-1-3-7-15(13)19(17)23-20-16-8-4-2-6-14(16)10-12-18(20)22/h1-12H. The number of hydrogen-bond acceptors (Lipinski definition) is 1. The highest BCUT2D eigenvalue weighted by Gasteiger charge is 2.13. The summed E-state index contributed by atoms with van der Waals surface area (Å²) in [6.07, 6.45) is 0. The molecule has 3 heteroatoms. The fraction of sp³-hybridized carbons (Fsp3) is 0. The molecule has 0 atom stereocenters. The Bertz CT molecular complexity index is 941. The van der Waals surface area contributed by atoms with Crippen LogP contribution in [0.1, 0.15) is 0 Å². The molecule has 0 saturated carbocycles. The van der Waals surface area contributed by atoms with E-state index in [1.165, 1.54) is 0 Å².